The number of nitrogens with one attached hydrogen (secondary N) is 6. The zero-order valence-corrected chi connectivity index (χ0v) is 22.4. The molecule has 202 valence electrons. The van der Waals surface area contributed by atoms with E-state index >= 15 is 0 Å². The molecule has 0 aliphatic carbocycles. The van der Waals surface area contributed by atoms with Gasteiger partial charge >= 0.3 is 0 Å². The molecule has 8 heteroatoms. The lowest BCUT2D eigenvalue weighted by molar-refractivity contribution is -0.331. The fourth-order valence-electron chi connectivity index (χ4n) is 4.97. The Morgan fingerprint density at radius 1 is 0.500 bits per heavy atom. The second-order valence-corrected chi connectivity index (χ2v) is 9.99. The van der Waals surface area contributed by atoms with E-state index in [0.717, 1.165) is 44.8 Å². The van der Waals surface area contributed by atoms with E-state index in [1.165, 1.54) is 0 Å². The van der Waals surface area contributed by atoms with Gasteiger partial charge in [-0.2, -0.15) is 0 Å². The van der Waals surface area contributed by atoms with Gasteiger partial charge in [-0.3, -0.25) is 9.59 Å². The number of amides is 2. The highest BCUT2D eigenvalue weighted by atomic mass is 16.2. The number of fused-ring (bicyclic) bond motifs is 2. The van der Waals surface area contributed by atoms with Crippen molar-refractivity contribution in [3.05, 3.63) is 132 Å². The Hall–Kier alpha value is -6.02. The summed E-state index contributed by atoms with van der Waals surface area (Å²) in [5, 5.41) is 5.87. The number of hydrogen-bond donors (Lipinski definition) is 4. The lowest BCUT2D eigenvalue weighted by Crippen LogP contribution is -2.14. The first-order valence-electron chi connectivity index (χ1n) is 13.5. The Labute approximate surface area is 240 Å². The van der Waals surface area contributed by atoms with E-state index in [9.17, 15) is 9.59 Å². The molecule has 0 aliphatic heterocycles. The van der Waals surface area contributed by atoms with E-state index in [4.69, 9.17) is 0 Å². The van der Waals surface area contributed by atoms with Crippen LogP contribution in [-0.2, 0) is 0 Å². The fourth-order valence-corrected chi connectivity index (χ4v) is 4.97. The van der Waals surface area contributed by atoms with Crippen molar-refractivity contribution in [3.63, 3.8) is 0 Å². The summed E-state index contributed by atoms with van der Waals surface area (Å²) < 4.78 is 0. The fraction of sp³-hybridized carbons (Fsp3) is 0. The van der Waals surface area contributed by atoms with Crippen LogP contribution in [0.2, 0.25) is 0 Å². The minimum atomic E-state index is -0.227. The third-order valence-corrected chi connectivity index (χ3v) is 7.12. The van der Waals surface area contributed by atoms with Gasteiger partial charge in [0, 0.05) is 22.5 Å². The summed E-state index contributed by atoms with van der Waals surface area (Å²) in [6.07, 6.45) is 0. The summed E-state index contributed by atoms with van der Waals surface area (Å²) in [4.78, 5) is 39.4. The highest BCUT2D eigenvalue weighted by Gasteiger charge is 2.16. The van der Waals surface area contributed by atoms with E-state index in [2.05, 4.69) is 30.6 Å². The second kappa shape index (κ2) is 10.5. The van der Waals surface area contributed by atoms with Crippen LogP contribution in [0.5, 0.6) is 0 Å². The monoisotopic (exact) mass is 550 g/mol. The number of para-hydroxylation sites is 4. The molecule has 2 amide bonds. The van der Waals surface area contributed by atoms with Gasteiger partial charge in [0.25, 0.3) is 23.5 Å². The predicted octanol–water partition coefficient (Wildman–Crippen LogP) is 6.12. The molecule has 8 nitrogen and oxygen atoms in total. The second-order valence-electron chi connectivity index (χ2n) is 9.99. The minimum Gasteiger partial charge on any atom is -0.322 e. The Bertz CT molecular complexity index is 1870. The number of imidazole rings is 2. The first kappa shape index (κ1) is 25.0. The van der Waals surface area contributed by atoms with Crippen LogP contribution in [0.3, 0.4) is 0 Å². The Morgan fingerprint density at radius 2 is 0.929 bits per heavy atom. The summed E-state index contributed by atoms with van der Waals surface area (Å²) >= 11 is 0. The first-order valence-corrected chi connectivity index (χ1v) is 13.5. The molecule has 0 atom stereocenters. The van der Waals surface area contributed by atoms with Crippen molar-refractivity contribution in [3.8, 4) is 22.8 Å². The van der Waals surface area contributed by atoms with Gasteiger partial charge in [0.05, 0.1) is 11.1 Å². The molecule has 0 bridgehead atoms. The van der Waals surface area contributed by atoms with Crippen molar-refractivity contribution in [2.75, 3.05) is 10.6 Å². The van der Waals surface area contributed by atoms with Crippen LogP contribution >= 0.6 is 0 Å². The van der Waals surface area contributed by atoms with E-state index in [1.54, 1.807) is 36.4 Å². The van der Waals surface area contributed by atoms with Crippen molar-refractivity contribution in [1.82, 2.24) is 9.97 Å². The van der Waals surface area contributed by atoms with Gasteiger partial charge in [-0.1, -0.05) is 36.4 Å². The van der Waals surface area contributed by atoms with Crippen molar-refractivity contribution in [2.24, 2.45) is 0 Å². The number of hydrogen-bond acceptors (Lipinski definition) is 2. The molecule has 2 heterocycles. The molecule has 0 saturated heterocycles. The molecular weight excluding hydrogens is 524 g/mol. The smallest absolute Gasteiger partial charge is 0.285 e. The van der Waals surface area contributed by atoms with E-state index in [1.807, 2.05) is 84.9 Å². The van der Waals surface area contributed by atoms with Crippen molar-refractivity contribution in [1.29, 1.82) is 0 Å². The molecule has 6 N–H and O–H groups in total. The molecule has 42 heavy (non-hydrogen) atoms. The molecule has 2 aromatic heterocycles. The SMILES string of the molecule is O=C(Nc1ccc(NC(=O)c2cccc(-c3[nH]c4ccccc4[nH+]3)c2)cc1)c1cccc(-c2[nH]c3ccccc3[nH+]2)c1. The summed E-state index contributed by atoms with van der Waals surface area (Å²) in [5.41, 5.74) is 8.04. The minimum absolute atomic E-state index is 0.227. The first-order chi connectivity index (χ1) is 20.6. The lowest BCUT2D eigenvalue weighted by atomic mass is 10.1. The largest absolute Gasteiger partial charge is 0.322 e. The number of H-pyrrole nitrogens is 4. The van der Waals surface area contributed by atoms with Crippen LogP contribution in [0, 0.1) is 0 Å². The Morgan fingerprint density at radius 3 is 1.36 bits per heavy atom. The molecule has 0 unspecified atom stereocenters. The molecule has 0 aliphatic rings. The summed E-state index contributed by atoms with van der Waals surface area (Å²) in [5.74, 6) is 1.21. The maximum Gasteiger partial charge on any atom is 0.285 e. The highest BCUT2D eigenvalue weighted by Crippen LogP contribution is 2.22. The molecule has 7 aromatic rings. The van der Waals surface area contributed by atoms with E-state index < -0.39 is 0 Å². The maximum absolute atomic E-state index is 13.0. The Kier molecular flexibility index (Phi) is 6.25. The van der Waals surface area contributed by atoms with Crippen molar-refractivity contribution >= 4 is 45.3 Å². The average Bonchev–Trinajstić information content (AvgIpc) is 3.67. The van der Waals surface area contributed by atoms with Crippen LogP contribution < -0.4 is 20.6 Å². The average molecular weight is 551 g/mol. The lowest BCUT2D eigenvalue weighted by Gasteiger charge is -2.09. The van der Waals surface area contributed by atoms with E-state index in [-0.39, 0.29) is 11.8 Å². The molecule has 0 fully saturated rings. The molecule has 5 aromatic carbocycles. The normalized spacial score (nSPS) is 11.0. The molecule has 0 saturated carbocycles. The number of rotatable bonds is 6. The van der Waals surface area contributed by atoms with Gasteiger partial charge in [-0.25, -0.2) is 19.9 Å². The van der Waals surface area contributed by atoms with Crippen LogP contribution in [0.15, 0.2) is 121 Å². The zero-order valence-electron chi connectivity index (χ0n) is 22.4. The molecular formula is C34H26N6O2+2. The molecule has 0 radical (unpaired) electrons. The predicted molar refractivity (Wildman–Crippen MR) is 163 cm³/mol. The van der Waals surface area contributed by atoms with Crippen LogP contribution in [0.4, 0.5) is 11.4 Å². The van der Waals surface area contributed by atoms with Gasteiger partial charge in [0.2, 0.25) is 0 Å². The number of anilines is 2. The third kappa shape index (κ3) is 5.00. The molecule has 7 rings (SSSR count). The Balaban J connectivity index is 1.02. The van der Waals surface area contributed by atoms with Gasteiger partial charge in [0.1, 0.15) is 0 Å². The van der Waals surface area contributed by atoms with E-state index in [0.29, 0.717) is 22.5 Å². The van der Waals surface area contributed by atoms with Gasteiger partial charge in [-0.15, -0.1) is 0 Å². The number of aromatic amines is 4. The van der Waals surface area contributed by atoms with Crippen molar-refractivity contribution < 1.29 is 19.6 Å². The number of benzene rings is 5. The van der Waals surface area contributed by atoms with Crippen LogP contribution in [-0.4, -0.2) is 21.8 Å². The number of carbonyl (C=O) groups excluding carboxylic acids is 2. The highest BCUT2D eigenvalue weighted by molar-refractivity contribution is 6.06. The topological polar surface area (TPSA) is 118 Å². The quantitative estimate of drug-likeness (QED) is 0.200. The van der Waals surface area contributed by atoms with Gasteiger partial charge in [0.15, 0.2) is 22.1 Å². The number of aromatic nitrogens is 4. The maximum atomic E-state index is 13.0. The number of carbonyl (C=O) groups is 2. The van der Waals surface area contributed by atoms with Crippen molar-refractivity contribution in [2.45, 2.75) is 0 Å². The summed E-state index contributed by atoms with van der Waals surface area (Å²) in [6.45, 7) is 0. The standard InChI is InChI=1S/C34H24N6O2/c41-33(23-9-5-7-21(19-23)31-37-27-11-1-2-12-28(27)38-31)35-25-15-17-26(18-16-25)36-34(42)24-10-6-8-22(20-24)32-39-29-13-3-4-14-30(29)40-32/h1-20H,(H,35,41)(H,36,42)(H,37,38)(H,39,40)/p+2. The third-order valence-electron chi connectivity index (χ3n) is 7.12. The van der Waals surface area contributed by atoms with Gasteiger partial charge < -0.3 is 10.6 Å². The van der Waals surface area contributed by atoms with Gasteiger partial charge in [-0.05, 0) is 84.9 Å². The van der Waals surface area contributed by atoms with Crippen LogP contribution in [0.25, 0.3) is 44.8 Å². The molecule has 0 spiro atoms. The summed E-state index contributed by atoms with van der Waals surface area (Å²) in [6, 6.07) is 37.8. The zero-order chi connectivity index (χ0) is 28.5. The van der Waals surface area contributed by atoms with Crippen LogP contribution in [0.1, 0.15) is 20.7 Å². The summed E-state index contributed by atoms with van der Waals surface area (Å²) in [7, 11) is 0.